The van der Waals surface area contributed by atoms with E-state index in [4.69, 9.17) is 10.3 Å². The van der Waals surface area contributed by atoms with Gasteiger partial charge in [0.15, 0.2) is 5.82 Å². The molecule has 1 aromatic carbocycles. The lowest BCUT2D eigenvalue weighted by Gasteiger charge is -2.18. The minimum Gasteiger partial charge on any atom is -0.494 e. The summed E-state index contributed by atoms with van der Waals surface area (Å²) in [6, 6.07) is 4.44. The van der Waals surface area contributed by atoms with E-state index in [1.54, 1.807) is 6.07 Å². The average molecular weight is 278 g/mol. The van der Waals surface area contributed by atoms with E-state index in [9.17, 15) is 9.18 Å². The molecule has 0 saturated carbocycles. The van der Waals surface area contributed by atoms with Gasteiger partial charge in [0.2, 0.25) is 5.91 Å². The van der Waals surface area contributed by atoms with Crippen LogP contribution in [0.5, 0.6) is 5.75 Å². The number of carbonyl (C=O) groups excluding carboxylic acids is 1. The molecule has 7 heteroatoms. The van der Waals surface area contributed by atoms with Crippen molar-refractivity contribution in [2.24, 2.45) is 11.0 Å². The Kier molecular flexibility index (Phi) is 4.42. The zero-order chi connectivity index (χ0) is 14.5. The molecule has 1 aliphatic rings. The minimum absolute atomic E-state index is 0.0654. The fraction of sp³-hybridized carbons (Fsp3) is 0.462. The van der Waals surface area contributed by atoms with Crippen molar-refractivity contribution in [1.82, 2.24) is 0 Å². The standard InChI is InChI=1S/C13H15FN4O2/c1-2-20-10-3-4-12(11(14)6-10)18-8-9(5-13(18)19)7-16-17-15/h3-4,6,9H,2,5,7-8H2,1H3. The van der Waals surface area contributed by atoms with Crippen molar-refractivity contribution >= 4 is 11.6 Å². The van der Waals surface area contributed by atoms with Crippen molar-refractivity contribution in [2.45, 2.75) is 13.3 Å². The molecule has 1 saturated heterocycles. The van der Waals surface area contributed by atoms with Crippen LogP contribution in [0.3, 0.4) is 0 Å². The molecule has 1 amide bonds. The molecule has 1 fully saturated rings. The maximum atomic E-state index is 14.0. The van der Waals surface area contributed by atoms with E-state index in [0.29, 0.717) is 18.9 Å². The Bertz CT molecular complexity index is 557. The van der Waals surface area contributed by atoms with E-state index in [1.807, 2.05) is 6.92 Å². The first kappa shape index (κ1) is 14.1. The lowest BCUT2D eigenvalue weighted by Crippen LogP contribution is -2.25. The molecule has 6 nitrogen and oxygen atoms in total. The summed E-state index contributed by atoms with van der Waals surface area (Å²) < 4.78 is 19.2. The summed E-state index contributed by atoms with van der Waals surface area (Å²) in [5.74, 6) is -0.282. The van der Waals surface area contributed by atoms with Gasteiger partial charge in [-0.2, -0.15) is 0 Å². The van der Waals surface area contributed by atoms with Crippen molar-refractivity contribution in [3.05, 3.63) is 34.5 Å². The summed E-state index contributed by atoms with van der Waals surface area (Å²) in [5.41, 5.74) is 8.52. The first-order chi connectivity index (χ1) is 9.65. The van der Waals surface area contributed by atoms with Gasteiger partial charge in [-0.25, -0.2) is 4.39 Å². The third kappa shape index (κ3) is 3.00. The summed E-state index contributed by atoms with van der Waals surface area (Å²) in [6.45, 7) is 2.88. The maximum Gasteiger partial charge on any atom is 0.227 e. The highest BCUT2D eigenvalue weighted by Crippen LogP contribution is 2.29. The number of rotatable bonds is 5. The molecule has 20 heavy (non-hydrogen) atoms. The molecule has 2 rings (SSSR count). The van der Waals surface area contributed by atoms with E-state index in [-0.39, 0.29) is 30.5 Å². The Hall–Kier alpha value is -2.27. The van der Waals surface area contributed by atoms with Gasteiger partial charge < -0.3 is 9.64 Å². The van der Waals surface area contributed by atoms with E-state index in [2.05, 4.69) is 10.0 Å². The zero-order valence-electron chi connectivity index (χ0n) is 11.1. The van der Waals surface area contributed by atoms with Crippen molar-refractivity contribution in [3.63, 3.8) is 0 Å². The van der Waals surface area contributed by atoms with Crippen molar-refractivity contribution in [2.75, 3.05) is 24.6 Å². The molecular weight excluding hydrogens is 263 g/mol. The highest BCUT2D eigenvalue weighted by atomic mass is 19.1. The molecular formula is C13H15FN4O2. The third-order valence-corrected chi connectivity index (χ3v) is 3.13. The van der Waals surface area contributed by atoms with Crippen LogP contribution < -0.4 is 9.64 Å². The normalized spacial score (nSPS) is 18.0. The van der Waals surface area contributed by atoms with Gasteiger partial charge in [-0.05, 0) is 30.5 Å². The number of anilines is 1. The molecule has 1 atom stereocenters. The monoisotopic (exact) mass is 278 g/mol. The molecule has 1 unspecified atom stereocenters. The third-order valence-electron chi connectivity index (χ3n) is 3.13. The Morgan fingerprint density at radius 2 is 2.40 bits per heavy atom. The highest BCUT2D eigenvalue weighted by molar-refractivity contribution is 5.95. The van der Waals surface area contributed by atoms with E-state index in [1.165, 1.54) is 17.0 Å². The van der Waals surface area contributed by atoms with Gasteiger partial charge in [-0.15, -0.1) is 0 Å². The fourth-order valence-corrected chi connectivity index (χ4v) is 2.25. The van der Waals surface area contributed by atoms with E-state index >= 15 is 0 Å². The molecule has 0 aliphatic carbocycles. The highest BCUT2D eigenvalue weighted by Gasteiger charge is 2.31. The Morgan fingerprint density at radius 3 is 3.05 bits per heavy atom. The Morgan fingerprint density at radius 1 is 1.60 bits per heavy atom. The van der Waals surface area contributed by atoms with Gasteiger partial charge in [0, 0.05) is 30.5 Å². The van der Waals surface area contributed by atoms with Crippen LogP contribution in [0.15, 0.2) is 23.3 Å². The second kappa shape index (κ2) is 6.25. The summed E-state index contributed by atoms with van der Waals surface area (Å²) in [6.07, 6.45) is 0.270. The van der Waals surface area contributed by atoms with Crippen molar-refractivity contribution in [1.29, 1.82) is 0 Å². The van der Waals surface area contributed by atoms with E-state index < -0.39 is 5.82 Å². The van der Waals surface area contributed by atoms with Crippen LogP contribution in [0.1, 0.15) is 13.3 Å². The summed E-state index contributed by atoms with van der Waals surface area (Å²) in [7, 11) is 0. The smallest absolute Gasteiger partial charge is 0.227 e. The molecule has 0 radical (unpaired) electrons. The molecule has 0 N–H and O–H groups in total. The predicted octanol–water partition coefficient (Wildman–Crippen LogP) is 2.89. The number of benzene rings is 1. The summed E-state index contributed by atoms with van der Waals surface area (Å²) in [4.78, 5) is 16.0. The second-order valence-corrected chi connectivity index (χ2v) is 4.53. The first-order valence-electron chi connectivity index (χ1n) is 6.39. The number of azide groups is 1. The van der Waals surface area contributed by atoms with Crippen LogP contribution in [-0.4, -0.2) is 25.6 Å². The lowest BCUT2D eigenvalue weighted by atomic mass is 10.1. The average Bonchev–Trinajstić information content (AvgIpc) is 2.78. The number of halogens is 1. The summed E-state index contributed by atoms with van der Waals surface area (Å²) >= 11 is 0. The molecule has 1 heterocycles. The molecule has 0 spiro atoms. The van der Waals surface area contributed by atoms with Crippen molar-refractivity contribution in [3.8, 4) is 5.75 Å². The first-order valence-corrected chi connectivity index (χ1v) is 6.39. The van der Waals surface area contributed by atoms with Crippen molar-refractivity contribution < 1.29 is 13.9 Å². The number of ether oxygens (including phenoxy) is 1. The van der Waals surface area contributed by atoms with Gasteiger partial charge in [-0.1, -0.05) is 5.11 Å². The predicted molar refractivity (Wildman–Crippen MR) is 72.0 cm³/mol. The van der Waals surface area contributed by atoms with Gasteiger partial charge in [0.1, 0.15) is 5.75 Å². The Labute approximate surface area is 115 Å². The van der Waals surface area contributed by atoms with Gasteiger partial charge in [-0.3, -0.25) is 4.79 Å². The van der Waals surface area contributed by atoms with Crippen LogP contribution in [-0.2, 0) is 4.79 Å². The zero-order valence-corrected chi connectivity index (χ0v) is 11.1. The van der Waals surface area contributed by atoms with Crippen LogP contribution in [0.25, 0.3) is 10.4 Å². The SMILES string of the molecule is CCOc1ccc(N2CC(CN=[N+]=[N-])CC2=O)c(F)c1. The quantitative estimate of drug-likeness (QED) is 0.471. The van der Waals surface area contributed by atoms with Gasteiger partial charge in [0.25, 0.3) is 0 Å². The van der Waals surface area contributed by atoms with E-state index in [0.717, 1.165) is 0 Å². The summed E-state index contributed by atoms with van der Waals surface area (Å²) in [5, 5.41) is 3.47. The number of hydrogen-bond acceptors (Lipinski definition) is 3. The van der Waals surface area contributed by atoms with Crippen LogP contribution in [0, 0.1) is 11.7 Å². The molecule has 0 aromatic heterocycles. The molecule has 0 bridgehead atoms. The topological polar surface area (TPSA) is 78.3 Å². The maximum absolute atomic E-state index is 14.0. The molecule has 1 aromatic rings. The Balaban J connectivity index is 2.15. The number of nitrogens with zero attached hydrogens (tertiary/aromatic N) is 4. The van der Waals surface area contributed by atoms with Crippen LogP contribution in [0.4, 0.5) is 10.1 Å². The lowest BCUT2D eigenvalue weighted by molar-refractivity contribution is -0.117. The molecule has 106 valence electrons. The fourth-order valence-electron chi connectivity index (χ4n) is 2.25. The number of carbonyl (C=O) groups is 1. The minimum atomic E-state index is -0.492. The largest absolute Gasteiger partial charge is 0.494 e. The van der Waals surface area contributed by atoms with Gasteiger partial charge in [0.05, 0.1) is 12.3 Å². The van der Waals surface area contributed by atoms with Gasteiger partial charge >= 0.3 is 0 Å². The second-order valence-electron chi connectivity index (χ2n) is 4.53. The number of hydrogen-bond donors (Lipinski definition) is 0. The van der Waals surface area contributed by atoms with Crippen LogP contribution >= 0.6 is 0 Å². The molecule has 1 aliphatic heterocycles. The number of amides is 1. The van der Waals surface area contributed by atoms with Crippen LogP contribution in [0.2, 0.25) is 0 Å².